The van der Waals surface area contributed by atoms with E-state index in [0.29, 0.717) is 11.7 Å². The maximum absolute atomic E-state index is 12.5. The van der Waals surface area contributed by atoms with Crippen molar-refractivity contribution in [3.63, 3.8) is 0 Å². The summed E-state index contributed by atoms with van der Waals surface area (Å²) >= 11 is 1.48. The molecule has 6 heteroatoms. The molecule has 2 aromatic rings. The Morgan fingerprint density at radius 3 is 2.67 bits per heavy atom. The van der Waals surface area contributed by atoms with Gasteiger partial charge in [-0.25, -0.2) is 0 Å². The number of aromatic nitrogens is 3. The minimum absolute atomic E-state index is 0.0605. The summed E-state index contributed by atoms with van der Waals surface area (Å²) in [5, 5.41) is 9.46. The Labute approximate surface area is 147 Å². The minimum Gasteiger partial charge on any atom is -0.338 e. The van der Waals surface area contributed by atoms with Crippen molar-refractivity contribution in [3.8, 4) is 0 Å². The van der Waals surface area contributed by atoms with Crippen molar-refractivity contribution in [3.05, 3.63) is 41.7 Å². The van der Waals surface area contributed by atoms with E-state index < -0.39 is 0 Å². The molecule has 0 aliphatic heterocycles. The molecule has 1 heterocycles. The van der Waals surface area contributed by atoms with Gasteiger partial charge >= 0.3 is 0 Å². The molecule has 0 saturated heterocycles. The van der Waals surface area contributed by atoms with Crippen molar-refractivity contribution in [1.29, 1.82) is 0 Å². The fourth-order valence-electron chi connectivity index (χ4n) is 2.75. The van der Waals surface area contributed by atoms with E-state index in [0.717, 1.165) is 23.1 Å². The Bertz CT molecular complexity index is 696. The summed E-state index contributed by atoms with van der Waals surface area (Å²) in [7, 11) is 1.86. The monoisotopic (exact) mass is 344 g/mol. The van der Waals surface area contributed by atoms with E-state index in [-0.39, 0.29) is 11.9 Å². The third kappa shape index (κ3) is 3.64. The predicted octanol–water partition coefficient (Wildman–Crippen LogP) is 3.49. The molecule has 0 N–H and O–H groups in total. The Morgan fingerprint density at radius 1 is 1.33 bits per heavy atom. The van der Waals surface area contributed by atoms with Gasteiger partial charge in [-0.3, -0.25) is 4.79 Å². The molecule has 1 fully saturated rings. The second-order valence-corrected chi connectivity index (χ2v) is 7.18. The number of hydrogen-bond donors (Lipinski definition) is 0. The number of thioether (sulfide) groups is 1. The number of carbonyl (C=O) groups excluding carboxylic acids is 1. The number of rotatable bonds is 7. The van der Waals surface area contributed by atoms with Gasteiger partial charge in [0, 0.05) is 19.5 Å². The highest BCUT2D eigenvalue weighted by Crippen LogP contribution is 2.40. The van der Waals surface area contributed by atoms with Gasteiger partial charge in [0.25, 0.3) is 0 Å². The summed E-state index contributed by atoms with van der Waals surface area (Å²) in [5.74, 6) is 2.15. The van der Waals surface area contributed by atoms with Crippen molar-refractivity contribution in [2.75, 3.05) is 12.8 Å². The topological polar surface area (TPSA) is 51.0 Å². The van der Waals surface area contributed by atoms with E-state index in [4.69, 9.17) is 0 Å². The second kappa shape index (κ2) is 7.38. The Balaban J connectivity index is 1.61. The first-order valence-corrected chi connectivity index (χ1v) is 9.46. The zero-order chi connectivity index (χ0) is 17.1. The lowest BCUT2D eigenvalue weighted by Gasteiger charge is -2.25. The van der Waals surface area contributed by atoms with Crippen molar-refractivity contribution in [2.24, 2.45) is 0 Å². The number of carbonyl (C=O) groups is 1. The van der Waals surface area contributed by atoms with Crippen LogP contribution in [0.5, 0.6) is 0 Å². The number of amides is 1. The molecule has 3 rings (SSSR count). The van der Waals surface area contributed by atoms with Crippen LogP contribution in [0.15, 0.2) is 35.5 Å². The smallest absolute Gasteiger partial charge is 0.233 e. The summed E-state index contributed by atoms with van der Waals surface area (Å²) in [5.41, 5.74) is 1.14. The lowest BCUT2D eigenvalue weighted by molar-refractivity contribution is -0.128. The molecule has 1 aromatic heterocycles. The SMILES string of the molecule is CCn1c(SCC(=O)N(C)C(C)c2ccccc2)nnc1C1CC1. The van der Waals surface area contributed by atoms with E-state index in [1.165, 1.54) is 24.6 Å². The molecule has 0 spiro atoms. The van der Waals surface area contributed by atoms with Crippen LogP contribution < -0.4 is 0 Å². The second-order valence-electron chi connectivity index (χ2n) is 6.24. The molecule has 1 amide bonds. The van der Waals surface area contributed by atoms with Gasteiger partial charge in [0.1, 0.15) is 5.82 Å². The molecule has 24 heavy (non-hydrogen) atoms. The first kappa shape index (κ1) is 17.0. The molecule has 1 aliphatic rings. The molecule has 5 nitrogen and oxygen atoms in total. The standard InChI is InChI=1S/C18H24N4OS/c1-4-22-17(15-10-11-15)19-20-18(22)24-12-16(23)21(3)13(2)14-8-6-5-7-9-14/h5-9,13,15H,4,10-12H2,1-3H3. The van der Waals surface area contributed by atoms with Crippen molar-refractivity contribution < 1.29 is 4.79 Å². The van der Waals surface area contributed by atoms with E-state index >= 15 is 0 Å². The summed E-state index contributed by atoms with van der Waals surface area (Å²) in [4.78, 5) is 14.3. The molecule has 1 saturated carbocycles. The molecule has 1 aromatic carbocycles. The molecular weight excluding hydrogens is 320 g/mol. The molecule has 0 radical (unpaired) electrons. The van der Waals surface area contributed by atoms with Crippen LogP contribution in [0.4, 0.5) is 0 Å². The molecule has 1 unspecified atom stereocenters. The van der Waals surface area contributed by atoms with Crippen LogP contribution in [0.3, 0.4) is 0 Å². The van der Waals surface area contributed by atoms with Gasteiger partial charge in [0.15, 0.2) is 5.16 Å². The largest absolute Gasteiger partial charge is 0.338 e. The quantitative estimate of drug-likeness (QED) is 0.722. The number of nitrogens with zero attached hydrogens (tertiary/aromatic N) is 4. The van der Waals surface area contributed by atoms with Gasteiger partial charge in [-0.1, -0.05) is 42.1 Å². The van der Waals surface area contributed by atoms with E-state index in [1.54, 1.807) is 4.90 Å². The van der Waals surface area contributed by atoms with E-state index in [9.17, 15) is 4.79 Å². The zero-order valence-electron chi connectivity index (χ0n) is 14.5. The van der Waals surface area contributed by atoms with Gasteiger partial charge in [0.2, 0.25) is 5.91 Å². The third-order valence-electron chi connectivity index (χ3n) is 4.59. The maximum atomic E-state index is 12.5. The fourth-order valence-corrected chi connectivity index (χ4v) is 3.68. The van der Waals surface area contributed by atoms with Crippen LogP contribution in [0, 0.1) is 0 Å². The van der Waals surface area contributed by atoms with Crippen LogP contribution in [-0.2, 0) is 11.3 Å². The molecule has 128 valence electrons. The first-order chi connectivity index (χ1) is 11.6. The Morgan fingerprint density at radius 2 is 2.04 bits per heavy atom. The zero-order valence-corrected chi connectivity index (χ0v) is 15.3. The molecule has 1 aliphatic carbocycles. The summed E-state index contributed by atoms with van der Waals surface area (Å²) in [6.45, 7) is 5.01. The van der Waals surface area contributed by atoms with Gasteiger partial charge in [-0.05, 0) is 32.3 Å². The lowest BCUT2D eigenvalue weighted by atomic mass is 10.1. The highest BCUT2D eigenvalue weighted by atomic mass is 32.2. The number of hydrogen-bond acceptors (Lipinski definition) is 4. The number of benzene rings is 1. The highest BCUT2D eigenvalue weighted by molar-refractivity contribution is 7.99. The average molecular weight is 344 g/mol. The minimum atomic E-state index is 0.0605. The van der Waals surface area contributed by atoms with Crippen LogP contribution in [0.2, 0.25) is 0 Å². The third-order valence-corrected chi connectivity index (χ3v) is 5.54. The van der Waals surface area contributed by atoms with E-state index in [1.807, 2.05) is 25.2 Å². The van der Waals surface area contributed by atoms with Crippen LogP contribution >= 0.6 is 11.8 Å². The molecule has 1 atom stereocenters. The van der Waals surface area contributed by atoms with Crippen LogP contribution in [-0.4, -0.2) is 38.4 Å². The summed E-state index contributed by atoms with van der Waals surface area (Å²) < 4.78 is 2.15. The van der Waals surface area contributed by atoms with Gasteiger partial charge in [-0.15, -0.1) is 10.2 Å². The predicted molar refractivity (Wildman–Crippen MR) is 96.0 cm³/mol. The van der Waals surface area contributed by atoms with Gasteiger partial charge in [0.05, 0.1) is 11.8 Å². The fraction of sp³-hybridized carbons (Fsp3) is 0.500. The van der Waals surface area contributed by atoms with Gasteiger partial charge in [-0.2, -0.15) is 0 Å². The Kier molecular flexibility index (Phi) is 5.23. The summed E-state index contributed by atoms with van der Waals surface area (Å²) in [6, 6.07) is 10.2. The van der Waals surface area contributed by atoms with Crippen molar-refractivity contribution >= 4 is 17.7 Å². The van der Waals surface area contributed by atoms with Crippen LogP contribution in [0.1, 0.15) is 50.0 Å². The Hall–Kier alpha value is -1.82. The van der Waals surface area contributed by atoms with E-state index in [2.05, 4.69) is 40.7 Å². The summed E-state index contributed by atoms with van der Waals surface area (Å²) in [6.07, 6.45) is 2.41. The maximum Gasteiger partial charge on any atom is 0.233 e. The van der Waals surface area contributed by atoms with Crippen molar-refractivity contribution in [2.45, 2.75) is 50.4 Å². The first-order valence-electron chi connectivity index (χ1n) is 8.48. The normalized spacial score (nSPS) is 15.3. The van der Waals surface area contributed by atoms with Gasteiger partial charge < -0.3 is 9.47 Å². The molecule has 0 bridgehead atoms. The van der Waals surface area contributed by atoms with Crippen molar-refractivity contribution in [1.82, 2.24) is 19.7 Å². The lowest BCUT2D eigenvalue weighted by Crippen LogP contribution is -2.31. The molecular formula is C18H24N4OS. The highest BCUT2D eigenvalue weighted by Gasteiger charge is 2.30. The van der Waals surface area contributed by atoms with Crippen LogP contribution in [0.25, 0.3) is 0 Å². The average Bonchev–Trinajstić information content (AvgIpc) is 3.38.